The van der Waals surface area contributed by atoms with Gasteiger partial charge in [0.05, 0.1) is 11.8 Å². The van der Waals surface area contributed by atoms with Crippen LogP contribution in [-0.4, -0.2) is 14.2 Å². The molecule has 0 spiro atoms. The van der Waals surface area contributed by atoms with Crippen LogP contribution in [0.25, 0.3) is 0 Å². The van der Waals surface area contributed by atoms with Crippen LogP contribution < -0.4 is 10.0 Å². The van der Waals surface area contributed by atoms with Gasteiger partial charge in [-0.1, -0.05) is 0 Å². The average molecular weight is 389 g/mol. The molecular formula is C14H17BrN2O2S2. The summed E-state index contributed by atoms with van der Waals surface area (Å²) in [5.74, 6) is 0.0668. The number of hydrogen-bond donors (Lipinski definition) is 2. The highest BCUT2D eigenvalue weighted by Crippen LogP contribution is 2.28. The quantitative estimate of drug-likeness (QED) is 0.768. The first-order valence-corrected chi connectivity index (χ1v) is 9.83. The smallest absolute Gasteiger partial charge is 0.232 e. The molecule has 0 fully saturated rings. The maximum absolute atomic E-state index is 11.5. The van der Waals surface area contributed by atoms with E-state index in [1.807, 2.05) is 12.1 Å². The van der Waals surface area contributed by atoms with Crippen molar-refractivity contribution < 1.29 is 8.42 Å². The van der Waals surface area contributed by atoms with Crippen LogP contribution in [0, 0.1) is 0 Å². The van der Waals surface area contributed by atoms with Crippen molar-refractivity contribution in [2.45, 2.75) is 19.9 Å². The lowest BCUT2D eigenvalue weighted by molar-refractivity contribution is 0.602. The van der Waals surface area contributed by atoms with Crippen molar-refractivity contribution in [1.82, 2.24) is 0 Å². The molecule has 0 aliphatic heterocycles. The minimum atomic E-state index is -3.22. The molecule has 1 heterocycles. The lowest BCUT2D eigenvalue weighted by atomic mass is 10.2. The third kappa shape index (κ3) is 4.72. The Hall–Kier alpha value is -1.05. The van der Waals surface area contributed by atoms with Crippen LogP contribution >= 0.6 is 27.3 Å². The molecule has 2 aromatic rings. The van der Waals surface area contributed by atoms with Gasteiger partial charge in [0.25, 0.3) is 0 Å². The van der Waals surface area contributed by atoms with E-state index >= 15 is 0 Å². The highest BCUT2D eigenvalue weighted by molar-refractivity contribution is 9.10. The van der Waals surface area contributed by atoms with Crippen molar-refractivity contribution >= 4 is 48.7 Å². The first kappa shape index (κ1) is 16.3. The SMILES string of the molecule is CCS(=O)(=O)Nc1ccc(NC(C)c2cc(Br)cs2)cc1. The molecular weight excluding hydrogens is 372 g/mol. The summed E-state index contributed by atoms with van der Waals surface area (Å²) in [7, 11) is -3.22. The molecule has 1 atom stereocenters. The molecule has 7 heteroatoms. The van der Waals surface area contributed by atoms with Gasteiger partial charge in [-0.05, 0) is 60.1 Å². The molecule has 0 radical (unpaired) electrons. The number of halogens is 1. The first-order chi connectivity index (χ1) is 9.89. The maximum atomic E-state index is 11.5. The van der Waals surface area contributed by atoms with E-state index in [4.69, 9.17) is 0 Å². The molecule has 0 bridgehead atoms. The van der Waals surface area contributed by atoms with Crippen molar-refractivity contribution in [3.05, 3.63) is 45.1 Å². The predicted octanol–water partition coefficient (Wildman–Crippen LogP) is 4.45. The zero-order valence-electron chi connectivity index (χ0n) is 11.8. The Labute approximate surface area is 137 Å². The van der Waals surface area contributed by atoms with Crippen LogP contribution in [0.1, 0.15) is 24.8 Å². The van der Waals surface area contributed by atoms with E-state index in [9.17, 15) is 8.42 Å². The van der Waals surface area contributed by atoms with Crippen LogP contribution in [0.2, 0.25) is 0 Å². The Morgan fingerprint density at radius 1 is 1.24 bits per heavy atom. The molecule has 0 saturated carbocycles. The number of nitrogens with one attached hydrogen (secondary N) is 2. The van der Waals surface area contributed by atoms with Gasteiger partial charge in [-0.3, -0.25) is 4.72 Å². The maximum Gasteiger partial charge on any atom is 0.232 e. The number of rotatable bonds is 6. The zero-order chi connectivity index (χ0) is 15.5. The van der Waals surface area contributed by atoms with E-state index in [-0.39, 0.29) is 11.8 Å². The van der Waals surface area contributed by atoms with Crippen LogP contribution in [0.3, 0.4) is 0 Å². The van der Waals surface area contributed by atoms with Crippen LogP contribution in [0.4, 0.5) is 11.4 Å². The van der Waals surface area contributed by atoms with Crippen molar-refractivity contribution in [1.29, 1.82) is 0 Å². The summed E-state index contributed by atoms with van der Waals surface area (Å²) in [5, 5.41) is 5.44. The second-order valence-corrected chi connectivity index (χ2v) is 8.49. The van der Waals surface area contributed by atoms with Gasteiger partial charge >= 0.3 is 0 Å². The van der Waals surface area contributed by atoms with Gasteiger partial charge in [0.2, 0.25) is 10.0 Å². The molecule has 1 unspecified atom stereocenters. The molecule has 4 nitrogen and oxygen atoms in total. The Bertz CT molecular complexity index is 696. The van der Waals surface area contributed by atoms with Gasteiger partial charge in [0, 0.05) is 26.1 Å². The Kier molecular flexibility index (Phi) is 5.29. The normalized spacial score (nSPS) is 12.9. The number of benzene rings is 1. The van der Waals surface area contributed by atoms with E-state index in [0.717, 1.165) is 10.2 Å². The van der Waals surface area contributed by atoms with Crippen LogP contribution in [0.15, 0.2) is 40.2 Å². The minimum absolute atomic E-state index is 0.0668. The third-order valence-electron chi connectivity index (χ3n) is 2.94. The molecule has 21 heavy (non-hydrogen) atoms. The number of thiophene rings is 1. The van der Waals surface area contributed by atoms with Crippen molar-refractivity contribution in [2.75, 3.05) is 15.8 Å². The Morgan fingerprint density at radius 2 is 1.86 bits per heavy atom. The van der Waals surface area contributed by atoms with E-state index in [1.165, 1.54) is 4.88 Å². The summed E-state index contributed by atoms with van der Waals surface area (Å²) in [6.45, 7) is 3.70. The molecule has 2 N–H and O–H groups in total. The highest BCUT2D eigenvalue weighted by atomic mass is 79.9. The van der Waals surface area contributed by atoms with Crippen molar-refractivity contribution in [3.63, 3.8) is 0 Å². The Balaban J connectivity index is 2.02. The topological polar surface area (TPSA) is 58.2 Å². The van der Waals surface area contributed by atoms with Gasteiger partial charge in [0.15, 0.2) is 0 Å². The molecule has 0 aliphatic rings. The average Bonchev–Trinajstić information content (AvgIpc) is 2.87. The fourth-order valence-corrected chi connectivity index (χ4v) is 3.86. The fraction of sp³-hybridized carbons (Fsp3) is 0.286. The predicted molar refractivity (Wildman–Crippen MR) is 93.6 cm³/mol. The minimum Gasteiger partial charge on any atom is -0.378 e. The van der Waals surface area contributed by atoms with Gasteiger partial charge in [-0.2, -0.15) is 0 Å². The zero-order valence-corrected chi connectivity index (χ0v) is 15.0. The second-order valence-electron chi connectivity index (χ2n) is 4.62. The standard InChI is InChI=1S/C14H17BrN2O2S2/c1-3-21(18,19)17-13-6-4-12(5-7-13)16-10(2)14-8-11(15)9-20-14/h4-10,16-17H,3H2,1-2H3. The Morgan fingerprint density at radius 3 is 2.38 bits per heavy atom. The van der Waals surface area contributed by atoms with E-state index < -0.39 is 10.0 Å². The number of hydrogen-bond acceptors (Lipinski definition) is 4. The van der Waals surface area contributed by atoms with Crippen molar-refractivity contribution in [3.8, 4) is 0 Å². The van der Waals surface area contributed by atoms with Crippen LogP contribution in [0.5, 0.6) is 0 Å². The second kappa shape index (κ2) is 6.81. The molecule has 1 aromatic heterocycles. The number of sulfonamides is 1. The summed E-state index contributed by atoms with van der Waals surface area (Å²) in [4.78, 5) is 1.23. The van der Waals surface area contributed by atoms with Crippen molar-refractivity contribution in [2.24, 2.45) is 0 Å². The lowest BCUT2D eigenvalue weighted by Gasteiger charge is -2.14. The summed E-state index contributed by atoms with van der Waals surface area (Å²) < 4.78 is 26.6. The van der Waals surface area contributed by atoms with Crippen LogP contribution in [-0.2, 0) is 10.0 Å². The summed E-state index contributed by atoms with van der Waals surface area (Å²) in [6, 6.07) is 9.53. The fourth-order valence-electron chi connectivity index (χ4n) is 1.76. The van der Waals surface area contributed by atoms with E-state index in [2.05, 4.69) is 44.3 Å². The molecule has 2 rings (SSSR count). The van der Waals surface area contributed by atoms with Gasteiger partial charge in [0.1, 0.15) is 0 Å². The third-order valence-corrected chi connectivity index (χ3v) is 6.12. The monoisotopic (exact) mass is 388 g/mol. The van der Waals surface area contributed by atoms with E-state index in [0.29, 0.717) is 5.69 Å². The summed E-state index contributed by atoms with van der Waals surface area (Å²) in [5.41, 5.74) is 1.53. The molecule has 0 amide bonds. The lowest BCUT2D eigenvalue weighted by Crippen LogP contribution is -2.14. The molecule has 1 aromatic carbocycles. The molecule has 0 saturated heterocycles. The summed E-state index contributed by atoms with van der Waals surface area (Å²) in [6.07, 6.45) is 0. The van der Waals surface area contributed by atoms with Gasteiger partial charge in [-0.15, -0.1) is 11.3 Å². The molecule has 0 aliphatic carbocycles. The number of anilines is 2. The van der Waals surface area contributed by atoms with E-state index in [1.54, 1.807) is 30.4 Å². The first-order valence-electron chi connectivity index (χ1n) is 6.50. The molecule has 114 valence electrons. The van der Waals surface area contributed by atoms with Gasteiger partial charge < -0.3 is 5.32 Å². The van der Waals surface area contributed by atoms with Gasteiger partial charge in [-0.25, -0.2) is 8.42 Å². The largest absolute Gasteiger partial charge is 0.378 e. The highest BCUT2D eigenvalue weighted by Gasteiger charge is 2.09. The summed E-state index contributed by atoms with van der Waals surface area (Å²) >= 11 is 5.14.